The highest BCUT2D eigenvalue weighted by Crippen LogP contribution is 2.23. The van der Waals surface area contributed by atoms with Gasteiger partial charge in [-0.1, -0.05) is 17.3 Å². The molecule has 8 heteroatoms. The molecule has 1 fully saturated rings. The summed E-state index contributed by atoms with van der Waals surface area (Å²) in [5.41, 5.74) is 2.38. The summed E-state index contributed by atoms with van der Waals surface area (Å²) in [6.07, 6.45) is 0.222. The van der Waals surface area contributed by atoms with Crippen LogP contribution in [0.25, 0.3) is 11.3 Å². The topological polar surface area (TPSA) is 81.2 Å². The maximum Gasteiger partial charge on any atom is 0.267 e. The molecule has 1 aromatic carbocycles. The number of halogens is 1. The van der Waals surface area contributed by atoms with Gasteiger partial charge in [-0.05, 0) is 32.0 Å². The standard InChI is InChI=1S/C20H19FN4O3/c1-12-17(13(2)28-23-12)9-20(27)24-10-16(11-24)25-19(26)7-6-18(22-25)14-4-3-5-15(21)8-14/h3-8,16H,9-11H2,1-2H3. The minimum Gasteiger partial charge on any atom is -0.361 e. The molecule has 0 spiro atoms. The fourth-order valence-electron chi connectivity index (χ4n) is 3.32. The third-order valence-electron chi connectivity index (χ3n) is 5.02. The maximum atomic E-state index is 13.5. The van der Waals surface area contributed by atoms with Gasteiger partial charge in [-0.3, -0.25) is 9.59 Å². The number of nitrogens with zero attached hydrogens (tertiary/aromatic N) is 4. The number of aryl methyl sites for hydroxylation is 2. The molecule has 28 heavy (non-hydrogen) atoms. The summed E-state index contributed by atoms with van der Waals surface area (Å²) in [6, 6.07) is 8.86. The summed E-state index contributed by atoms with van der Waals surface area (Å²) in [6.45, 7) is 4.39. The van der Waals surface area contributed by atoms with Crippen molar-refractivity contribution in [3.8, 4) is 11.3 Å². The smallest absolute Gasteiger partial charge is 0.267 e. The van der Waals surface area contributed by atoms with Crippen molar-refractivity contribution < 1.29 is 13.7 Å². The highest BCUT2D eigenvalue weighted by atomic mass is 19.1. The zero-order chi connectivity index (χ0) is 19.8. The second-order valence-corrected chi connectivity index (χ2v) is 6.94. The van der Waals surface area contributed by atoms with E-state index < -0.39 is 0 Å². The number of amides is 1. The first kappa shape index (κ1) is 18.1. The third-order valence-corrected chi connectivity index (χ3v) is 5.02. The van der Waals surface area contributed by atoms with Crippen molar-refractivity contribution in [2.75, 3.05) is 13.1 Å². The van der Waals surface area contributed by atoms with Crippen molar-refractivity contribution in [1.29, 1.82) is 0 Å². The molecule has 0 unspecified atom stereocenters. The van der Waals surface area contributed by atoms with Crippen LogP contribution >= 0.6 is 0 Å². The molecule has 0 bridgehead atoms. The van der Waals surface area contributed by atoms with Crippen molar-refractivity contribution in [3.63, 3.8) is 0 Å². The second-order valence-electron chi connectivity index (χ2n) is 6.94. The van der Waals surface area contributed by atoms with Gasteiger partial charge < -0.3 is 9.42 Å². The fourth-order valence-corrected chi connectivity index (χ4v) is 3.32. The van der Waals surface area contributed by atoms with E-state index >= 15 is 0 Å². The van der Waals surface area contributed by atoms with Crippen LogP contribution in [0.15, 0.2) is 45.7 Å². The van der Waals surface area contributed by atoms with E-state index in [1.54, 1.807) is 36.9 Å². The first-order valence-corrected chi connectivity index (χ1v) is 8.97. The molecule has 0 N–H and O–H groups in total. The molecule has 1 aliphatic heterocycles. The number of benzene rings is 1. The monoisotopic (exact) mass is 382 g/mol. The predicted octanol–water partition coefficient (Wildman–Crippen LogP) is 2.28. The van der Waals surface area contributed by atoms with Crippen LogP contribution in [-0.4, -0.2) is 38.8 Å². The quantitative estimate of drug-likeness (QED) is 0.692. The van der Waals surface area contributed by atoms with Crippen LogP contribution in [-0.2, 0) is 11.2 Å². The number of carbonyl (C=O) groups excluding carboxylic acids is 1. The normalized spacial score (nSPS) is 14.2. The Morgan fingerprint density at radius 2 is 2.04 bits per heavy atom. The first-order chi connectivity index (χ1) is 13.4. The summed E-state index contributed by atoms with van der Waals surface area (Å²) in [5.74, 6) is 0.236. The van der Waals surface area contributed by atoms with Gasteiger partial charge >= 0.3 is 0 Å². The zero-order valence-electron chi connectivity index (χ0n) is 15.6. The van der Waals surface area contributed by atoms with Crippen molar-refractivity contribution in [2.45, 2.75) is 26.3 Å². The lowest BCUT2D eigenvalue weighted by molar-refractivity contribution is -0.136. The Kier molecular flexibility index (Phi) is 4.54. The molecule has 0 saturated carbocycles. The van der Waals surface area contributed by atoms with E-state index in [9.17, 15) is 14.0 Å². The minimum absolute atomic E-state index is 0.0417. The molecule has 3 heterocycles. The molecule has 1 aliphatic rings. The van der Waals surface area contributed by atoms with Crippen LogP contribution in [0.1, 0.15) is 23.1 Å². The van der Waals surface area contributed by atoms with Gasteiger partial charge in [-0.2, -0.15) is 5.10 Å². The van der Waals surface area contributed by atoms with E-state index in [4.69, 9.17) is 4.52 Å². The number of hydrogen-bond acceptors (Lipinski definition) is 5. The summed E-state index contributed by atoms with van der Waals surface area (Å²) >= 11 is 0. The van der Waals surface area contributed by atoms with Gasteiger partial charge in [0.2, 0.25) is 5.91 Å². The van der Waals surface area contributed by atoms with Gasteiger partial charge in [0.15, 0.2) is 0 Å². The van der Waals surface area contributed by atoms with E-state index in [0.717, 1.165) is 5.56 Å². The molecule has 1 amide bonds. The van der Waals surface area contributed by atoms with E-state index in [1.165, 1.54) is 22.9 Å². The number of carbonyl (C=O) groups is 1. The highest BCUT2D eigenvalue weighted by molar-refractivity contribution is 5.80. The van der Waals surface area contributed by atoms with Gasteiger partial charge in [0.25, 0.3) is 5.56 Å². The lowest BCUT2D eigenvalue weighted by atomic mass is 10.1. The largest absolute Gasteiger partial charge is 0.361 e. The molecule has 0 atom stereocenters. The molecular formula is C20H19FN4O3. The van der Waals surface area contributed by atoms with Crippen LogP contribution in [0.3, 0.4) is 0 Å². The minimum atomic E-state index is -0.364. The molecule has 3 aromatic rings. The van der Waals surface area contributed by atoms with Crippen LogP contribution in [0.5, 0.6) is 0 Å². The predicted molar refractivity (Wildman–Crippen MR) is 99.2 cm³/mol. The summed E-state index contributed by atoms with van der Waals surface area (Å²) in [4.78, 5) is 26.4. The SMILES string of the molecule is Cc1noc(C)c1CC(=O)N1CC(n2nc(-c3cccc(F)c3)ccc2=O)C1. The molecule has 0 radical (unpaired) electrons. The van der Waals surface area contributed by atoms with E-state index in [0.29, 0.717) is 35.8 Å². The molecular weight excluding hydrogens is 363 g/mol. The van der Waals surface area contributed by atoms with Crippen molar-refractivity contribution in [2.24, 2.45) is 0 Å². The van der Waals surface area contributed by atoms with E-state index in [2.05, 4.69) is 10.3 Å². The van der Waals surface area contributed by atoms with Gasteiger partial charge in [0.05, 0.1) is 23.9 Å². The summed E-state index contributed by atoms with van der Waals surface area (Å²) < 4.78 is 19.9. The average molecular weight is 382 g/mol. The number of likely N-dealkylation sites (tertiary alicyclic amines) is 1. The molecule has 144 valence electrons. The van der Waals surface area contributed by atoms with Crippen molar-refractivity contribution in [1.82, 2.24) is 19.8 Å². The molecule has 4 rings (SSSR count). The van der Waals surface area contributed by atoms with Crippen molar-refractivity contribution in [3.05, 3.63) is 69.6 Å². The van der Waals surface area contributed by atoms with Crippen LogP contribution in [0.4, 0.5) is 4.39 Å². The fraction of sp³-hybridized carbons (Fsp3) is 0.300. The lowest BCUT2D eigenvalue weighted by Crippen LogP contribution is -2.53. The summed E-state index contributed by atoms with van der Waals surface area (Å²) in [7, 11) is 0. The third kappa shape index (κ3) is 3.33. The van der Waals surface area contributed by atoms with Gasteiger partial charge in [0, 0.05) is 30.3 Å². The Morgan fingerprint density at radius 3 is 2.71 bits per heavy atom. The number of hydrogen-bond donors (Lipinski definition) is 0. The Bertz CT molecular complexity index is 1080. The van der Waals surface area contributed by atoms with Gasteiger partial charge in [-0.25, -0.2) is 9.07 Å². The Labute approximate surface area is 160 Å². The van der Waals surface area contributed by atoms with Crippen LogP contribution in [0, 0.1) is 19.7 Å². The van der Waals surface area contributed by atoms with Gasteiger partial charge in [-0.15, -0.1) is 0 Å². The first-order valence-electron chi connectivity index (χ1n) is 8.97. The Morgan fingerprint density at radius 1 is 1.25 bits per heavy atom. The van der Waals surface area contributed by atoms with Crippen LogP contribution in [0.2, 0.25) is 0 Å². The maximum absolute atomic E-state index is 13.5. The average Bonchev–Trinajstić information content (AvgIpc) is 2.94. The van der Waals surface area contributed by atoms with Crippen molar-refractivity contribution >= 4 is 5.91 Å². The molecule has 2 aromatic heterocycles. The Balaban J connectivity index is 1.47. The summed E-state index contributed by atoms with van der Waals surface area (Å²) in [5, 5.41) is 8.24. The zero-order valence-corrected chi connectivity index (χ0v) is 15.6. The number of rotatable bonds is 4. The molecule has 1 saturated heterocycles. The molecule has 7 nitrogen and oxygen atoms in total. The van der Waals surface area contributed by atoms with E-state index in [1.807, 2.05) is 0 Å². The van der Waals surface area contributed by atoms with Crippen LogP contribution < -0.4 is 5.56 Å². The highest BCUT2D eigenvalue weighted by Gasteiger charge is 2.34. The molecule has 0 aliphatic carbocycles. The second kappa shape index (κ2) is 7.03. The Hall–Kier alpha value is -3.29. The van der Waals surface area contributed by atoms with E-state index in [-0.39, 0.29) is 29.7 Å². The lowest BCUT2D eigenvalue weighted by Gasteiger charge is -2.39. The number of aromatic nitrogens is 3. The van der Waals surface area contributed by atoms with Gasteiger partial charge in [0.1, 0.15) is 11.6 Å².